The van der Waals surface area contributed by atoms with Gasteiger partial charge in [0.1, 0.15) is 11.6 Å². The first kappa shape index (κ1) is 12.6. The van der Waals surface area contributed by atoms with Crippen molar-refractivity contribution < 1.29 is 4.74 Å². The van der Waals surface area contributed by atoms with Crippen LogP contribution in [-0.4, -0.2) is 22.3 Å². The number of aromatic nitrogens is 2. The van der Waals surface area contributed by atoms with Crippen LogP contribution in [0.5, 0.6) is 0 Å². The third kappa shape index (κ3) is 2.36. The fourth-order valence-electron chi connectivity index (χ4n) is 1.81. The molecule has 1 aromatic heterocycles. The molecular weight excluding hydrogens is 234 g/mol. The molecule has 0 radical (unpaired) electrons. The summed E-state index contributed by atoms with van der Waals surface area (Å²) in [4.78, 5) is 24.0. The maximum absolute atomic E-state index is 12.1. The van der Waals surface area contributed by atoms with Gasteiger partial charge in [0.05, 0.1) is 13.2 Å². The summed E-state index contributed by atoms with van der Waals surface area (Å²) in [5.74, 6) is 0. The lowest BCUT2D eigenvalue weighted by Gasteiger charge is -2.09. The van der Waals surface area contributed by atoms with E-state index in [0.29, 0.717) is 13.2 Å². The zero-order valence-electron chi connectivity index (χ0n) is 10.3. The standard InChI is InChI=1S/C12H15N3O3/c1-2-18-6-5-14-11(16)9(7-13)8-15(12(14)17)10-3-4-10/h8,10H,2-6H2,1H3. The monoisotopic (exact) mass is 249 g/mol. The van der Waals surface area contributed by atoms with Gasteiger partial charge in [-0.15, -0.1) is 0 Å². The molecule has 0 unspecified atom stereocenters. The van der Waals surface area contributed by atoms with E-state index in [4.69, 9.17) is 10.00 Å². The van der Waals surface area contributed by atoms with E-state index in [-0.39, 0.29) is 23.8 Å². The van der Waals surface area contributed by atoms with Crippen molar-refractivity contribution in [1.82, 2.24) is 9.13 Å². The molecule has 0 spiro atoms. The summed E-state index contributed by atoms with van der Waals surface area (Å²) in [6.45, 7) is 2.86. The summed E-state index contributed by atoms with van der Waals surface area (Å²) in [6, 6.07) is 1.98. The first-order valence-electron chi connectivity index (χ1n) is 6.02. The summed E-state index contributed by atoms with van der Waals surface area (Å²) >= 11 is 0. The van der Waals surface area contributed by atoms with E-state index < -0.39 is 5.56 Å². The Morgan fingerprint density at radius 3 is 2.78 bits per heavy atom. The van der Waals surface area contributed by atoms with Gasteiger partial charge < -0.3 is 4.74 Å². The van der Waals surface area contributed by atoms with Crippen LogP contribution in [0.25, 0.3) is 0 Å². The van der Waals surface area contributed by atoms with E-state index in [0.717, 1.165) is 17.4 Å². The average molecular weight is 249 g/mol. The molecule has 0 aromatic carbocycles. The molecule has 1 saturated carbocycles. The van der Waals surface area contributed by atoms with Gasteiger partial charge in [-0.1, -0.05) is 0 Å². The lowest BCUT2D eigenvalue weighted by atomic mass is 10.3. The van der Waals surface area contributed by atoms with Crippen LogP contribution in [0, 0.1) is 11.3 Å². The van der Waals surface area contributed by atoms with Crippen LogP contribution in [0.1, 0.15) is 31.4 Å². The van der Waals surface area contributed by atoms with Gasteiger partial charge in [-0.2, -0.15) is 5.26 Å². The Labute approximate surface area is 104 Å². The van der Waals surface area contributed by atoms with E-state index in [1.54, 1.807) is 0 Å². The van der Waals surface area contributed by atoms with Gasteiger partial charge in [-0.3, -0.25) is 13.9 Å². The lowest BCUT2D eigenvalue weighted by molar-refractivity contribution is 0.136. The Kier molecular flexibility index (Phi) is 3.63. The molecule has 1 aliphatic rings. The van der Waals surface area contributed by atoms with Crippen LogP contribution in [0.4, 0.5) is 0 Å². The normalized spacial score (nSPS) is 14.4. The highest BCUT2D eigenvalue weighted by molar-refractivity contribution is 5.23. The molecule has 1 fully saturated rings. The summed E-state index contributed by atoms with van der Waals surface area (Å²) in [6.07, 6.45) is 3.22. The molecule has 6 nitrogen and oxygen atoms in total. The largest absolute Gasteiger partial charge is 0.380 e. The Morgan fingerprint density at radius 2 is 2.22 bits per heavy atom. The number of ether oxygens (including phenoxy) is 1. The maximum Gasteiger partial charge on any atom is 0.331 e. The van der Waals surface area contributed by atoms with Crippen molar-refractivity contribution in [3.05, 3.63) is 32.6 Å². The average Bonchev–Trinajstić information content (AvgIpc) is 3.18. The second kappa shape index (κ2) is 5.19. The molecule has 0 bridgehead atoms. The van der Waals surface area contributed by atoms with Crippen LogP contribution < -0.4 is 11.2 Å². The quantitative estimate of drug-likeness (QED) is 0.701. The second-order valence-corrected chi connectivity index (χ2v) is 4.23. The van der Waals surface area contributed by atoms with Crippen LogP contribution in [-0.2, 0) is 11.3 Å². The molecule has 0 saturated heterocycles. The molecule has 1 heterocycles. The van der Waals surface area contributed by atoms with E-state index in [2.05, 4.69) is 0 Å². The van der Waals surface area contributed by atoms with E-state index >= 15 is 0 Å². The van der Waals surface area contributed by atoms with E-state index in [1.807, 2.05) is 13.0 Å². The Balaban J connectivity index is 2.42. The first-order chi connectivity index (χ1) is 8.69. The minimum atomic E-state index is -0.529. The first-order valence-corrected chi connectivity index (χ1v) is 6.02. The topological polar surface area (TPSA) is 77.0 Å². The van der Waals surface area contributed by atoms with Crippen molar-refractivity contribution in [2.75, 3.05) is 13.2 Å². The Hall–Kier alpha value is -1.87. The van der Waals surface area contributed by atoms with Crippen molar-refractivity contribution in [1.29, 1.82) is 5.26 Å². The second-order valence-electron chi connectivity index (χ2n) is 4.23. The predicted octanol–water partition coefficient (Wildman–Crippen LogP) is 0.253. The summed E-state index contributed by atoms with van der Waals surface area (Å²) in [5, 5.41) is 8.92. The van der Waals surface area contributed by atoms with Gasteiger partial charge in [0, 0.05) is 18.8 Å². The van der Waals surface area contributed by atoms with Crippen LogP contribution in [0.3, 0.4) is 0 Å². The van der Waals surface area contributed by atoms with Gasteiger partial charge in [-0.25, -0.2) is 4.79 Å². The van der Waals surface area contributed by atoms with Gasteiger partial charge in [-0.05, 0) is 19.8 Å². The van der Waals surface area contributed by atoms with Crippen molar-refractivity contribution >= 4 is 0 Å². The summed E-state index contributed by atoms with van der Waals surface area (Å²) < 4.78 is 7.73. The molecule has 6 heteroatoms. The van der Waals surface area contributed by atoms with E-state index in [9.17, 15) is 9.59 Å². The summed E-state index contributed by atoms with van der Waals surface area (Å²) in [5.41, 5.74) is -0.863. The molecule has 2 rings (SSSR count). The van der Waals surface area contributed by atoms with Crippen molar-refractivity contribution in [2.45, 2.75) is 32.4 Å². The Bertz CT molecular complexity index is 590. The van der Waals surface area contributed by atoms with Gasteiger partial charge in [0.25, 0.3) is 5.56 Å². The predicted molar refractivity (Wildman–Crippen MR) is 64.4 cm³/mol. The minimum Gasteiger partial charge on any atom is -0.380 e. The lowest BCUT2D eigenvalue weighted by Crippen LogP contribution is -2.41. The number of nitriles is 1. The molecular formula is C12H15N3O3. The summed E-state index contributed by atoms with van der Waals surface area (Å²) in [7, 11) is 0. The zero-order chi connectivity index (χ0) is 13.1. The Morgan fingerprint density at radius 1 is 1.50 bits per heavy atom. The van der Waals surface area contributed by atoms with Gasteiger partial charge in [0.2, 0.25) is 0 Å². The highest BCUT2D eigenvalue weighted by Crippen LogP contribution is 2.33. The van der Waals surface area contributed by atoms with Crippen LogP contribution >= 0.6 is 0 Å². The SMILES string of the molecule is CCOCCn1c(=O)c(C#N)cn(C2CC2)c1=O. The number of nitrogens with zero attached hydrogens (tertiary/aromatic N) is 3. The third-order valence-corrected chi connectivity index (χ3v) is 2.92. The van der Waals surface area contributed by atoms with Gasteiger partial charge in [0.15, 0.2) is 0 Å². The molecule has 0 atom stereocenters. The minimum absolute atomic E-state index is 0.0120. The fraction of sp³-hybridized carbons (Fsp3) is 0.583. The van der Waals surface area contributed by atoms with Gasteiger partial charge >= 0.3 is 5.69 Å². The maximum atomic E-state index is 12.1. The fourth-order valence-corrected chi connectivity index (χ4v) is 1.81. The van der Waals surface area contributed by atoms with Crippen molar-refractivity contribution in [3.8, 4) is 6.07 Å². The molecule has 1 aromatic rings. The smallest absolute Gasteiger partial charge is 0.331 e. The zero-order valence-corrected chi connectivity index (χ0v) is 10.3. The third-order valence-electron chi connectivity index (χ3n) is 2.92. The highest BCUT2D eigenvalue weighted by atomic mass is 16.5. The molecule has 0 aliphatic heterocycles. The molecule has 1 aliphatic carbocycles. The molecule has 0 amide bonds. The molecule has 96 valence electrons. The number of rotatable bonds is 5. The highest BCUT2D eigenvalue weighted by Gasteiger charge is 2.26. The van der Waals surface area contributed by atoms with Crippen molar-refractivity contribution in [3.63, 3.8) is 0 Å². The number of hydrogen-bond donors (Lipinski definition) is 0. The van der Waals surface area contributed by atoms with Crippen LogP contribution in [0.15, 0.2) is 15.8 Å². The van der Waals surface area contributed by atoms with Crippen LogP contribution in [0.2, 0.25) is 0 Å². The van der Waals surface area contributed by atoms with E-state index in [1.165, 1.54) is 10.8 Å². The molecule has 0 N–H and O–H groups in total. The number of hydrogen-bond acceptors (Lipinski definition) is 4. The van der Waals surface area contributed by atoms with Crippen molar-refractivity contribution in [2.24, 2.45) is 0 Å². The molecule has 18 heavy (non-hydrogen) atoms.